The maximum absolute atomic E-state index is 12.8. The molecule has 0 aliphatic carbocycles. The van der Waals surface area contributed by atoms with Crippen LogP contribution in [0.15, 0.2) is 83.3 Å². The van der Waals surface area contributed by atoms with Crippen molar-refractivity contribution in [2.45, 2.75) is 32.4 Å². The first-order valence-electron chi connectivity index (χ1n) is 9.90. The van der Waals surface area contributed by atoms with Crippen LogP contribution in [0.25, 0.3) is 0 Å². The molecule has 3 aromatic carbocycles. The molecule has 1 unspecified atom stereocenters. The number of hydrogen-bond donors (Lipinski definition) is 1. The summed E-state index contributed by atoms with van der Waals surface area (Å²) >= 11 is 3.38. The number of rotatable bonds is 8. The van der Waals surface area contributed by atoms with Crippen molar-refractivity contribution in [2.75, 3.05) is 0 Å². The lowest BCUT2D eigenvalue weighted by atomic mass is 9.97. The number of nitrogens with one attached hydrogen (secondary N) is 1. The highest BCUT2D eigenvalue weighted by atomic mass is 79.9. The molecule has 0 fully saturated rings. The number of carbonyl (C=O) groups excluding carboxylic acids is 2. The Morgan fingerprint density at radius 2 is 1.57 bits per heavy atom. The Bertz CT molecular complexity index is 970. The first kappa shape index (κ1) is 21.8. The molecule has 154 valence electrons. The van der Waals surface area contributed by atoms with E-state index in [-0.39, 0.29) is 18.8 Å². The smallest absolute Gasteiger partial charge is 0.407 e. The molecule has 0 spiro atoms. The summed E-state index contributed by atoms with van der Waals surface area (Å²) in [7, 11) is 0. The molecule has 4 nitrogen and oxygen atoms in total. The molecular weight excluding hydrogens is 442 g/mol. The highest BCUT2D eigenvalue weighted by Gasteiger charge is 2.20. The summed E-state index contributed by atoms with van der Waals surface area (Å²) in [5.41, 5.74) is 3.58. The number of Topliss-reactive ketones (excluding diaryl/α,β-unsaturated/α-hetero) is 1. The molecule has 1 atom stereocenters. The third-order valence-electron chi connectivity index (χ3n) is 4.85. The Morgan fingerprint density at radius 3 is 2.20 bits per heavy atom. The molecule has 3 rings (SSSR count). The van der Waals surface area contributed by atoms with Crippen LogP contribution < -0.4 is 5.32 Å². The van der Waals surface area contributed by atoms with Gasteiger partial charge in [-0.2, -0.15) is 0 Å². The average Bonchev–Trinajstić information content (AvgIpc) is 2.78. The van der Waals surface area contributed by atoms with Gasteiger partial charge in [-0.15, -0.1) is 0 Å². The number of ketones is 1. The number of halogens is 1. The number of amides is 1. The zero-order valence-corrected chi connectivity index (χ0v) is 18.4. The first-order valence-corrected chi connectivity index (χ1v) is 10.7. The Hall–Kier alpha value is -2.92. The minimum absolute atomic E-state index is 0.0459. The normalized spacial score (nSPS) is 11.5. The predicted octanol–water partition coefficient (Wildman–Crippen LogP) is 6.25. The summed E-state index contributed by atoms with van der Waals surface area (Å²) in [6.07, 6.45) is 0.523. The molecular formula is C25H24BrNO3. The van der Waals surface area contributed by atoms with Crippen LogP contribution in [-0.4, -0.2) is 11.9 Å². The summed E-state index contributed by atoms with van der Waals surface area (Å²) in [4.78, 5) is 25.3. The van der Waals surface area contributed by atoms with Crippen molar-refractivity contribution in [2.24, 2.45) is 0 Å². The van der Waals surface area contributed by atoms with Crippen LogP contribution in [0.4, 0.5) is 4.79 Å². The minimum Gasteiger partial charge on any atom is -0.445 e. The molecule has 0 aliphatic rings. The maximum Gasteiger partial charge on any atom is 0.407 e. The number of carbonyl (C=O) groups is 2. The standard InChI is InChI=1S/C25H24BrNO3/c1-2-18-8-10-20(11-9-18)23(16-24(28)21-12-14-22(26)15-13-21)27-25(29)30-17-19-6-4-3-5-7-19/h3-15,23H,2,16-17H2,1H3,(H,27,29). The largest absolute Gasteiger partial charge is 0.445 e. The second-order valence-corrected chi connectivity index (χ2v) is 7.90. The quantitative estimate of drug-likeness (QED) is 0.399. The topological polar surface area (TPSA) is 55.4 Å². The third-order valence-corrected chi connectivity index (χ3v) is 5.38. The van der Waals surface area contributed by atoms with Gasteiger partial charge in [0.05, 0.1) is 6.04 Å². The van der Waals surface area contributed by atoms with E-state index < -0.39 is 12.1 Å². The molecule has 0 aliphatic heterocycles. The highest BCUT2D eigenvalue weighted by molar-refractivity contribution is 9.10. The van der Waals surface area contributed by atoms with Gasteiger partial charge in [0, 0.05) is 16.5 Å². The van der Waals surface area contributed by atoms with Crippen molar-refractivity contribution in [3.63, 3.8) is 0 Å². The van der Waals surface area contributed by atoms with Gasteiger partial charge in [0.25, 0.3) is 0 Å². The average molecular weight is 466 g/mol. The molecule has 3 aromatic rings. The fourth-order valence-corrected chi connectivity index (χ4v) is 3.35. The number of hydrogen-bond acceptors (Lipinski definition) is 3. The third kappa shape index (κ3) is 6.29. The Labute approximate surface area is 185 Å². The second-order valence-electron chi connectivity index (χ2n) is 6.99. The fraction of sp³-hybridized carbons (Fsp3) is 0.200. The number of benzene rings is 3. The van der Waals surface area contributed by atoms with Gasteiger partial charge in [-0.05, 0) is 35.2 Å². The zero-order chi connectivity index (χ0) is 21.3. The van der Waals surface area contributed by atoms with Crippen LogP contribution >= 0.6 is 15.9 Å². The van der Waals surface area contributed by atoms with E-state index in [1.807, 2.05) is 66.7 Å². The summed E-state index contributed by atoms with van der Waals surface area (Å²) in [6, 6.07) is 24.2. The van der Waals surface area contributed by atoms with Gasteiger partial charge >= 0.3 is 6.09 Å². The lowest BCUT2D eigenvalue weighted by molar-refractivity contribution is 0.0963. The van der Waals surface area contributed by atoms with Crippen LogP contribution in [-0.2, 0) is 17.8 Å². The first-order chi connectivity index (χ1) is 14.5. The number of ether oxygens (including phenoxy) is 1. The van der Waals surface area contributed by atoms with E-state index >= 15 is 0 Å². The van der Waals surface area contributed by atoms with Crippen LogP contribution in [0.2, 0.25) is 0 Å². The van der Waals surface area contributed by atoms with Gasteiger partial charge in [-0.1, -0.05) is 89.6 Å². The second kappa shape index (κ2) is 10.7. The molecule has 0 heterocycles. The Morgan fingerprint density at radius 1 is 0.900 bits per heavy atom. The molecule has 0 saturated heterocycles. The van der Waals surface area contributed by atoms with Crippen molar-refractivity contribution in [3.05, 3.63) is 106 Å². The van der Waals surface area contributed by atoms with E-state index in [1.165, 1.54) is 5.56 Å². The monoisotopic (exact) mass is 465 g/mol. The number of alkyl carbamates (subject to hydrolysis) is 1. The van der Waals surface area contributed by atoms with Crippen LogP contribution in [0.1, 0.15) is 46.4 Å². The predicted molar refractivity (Wildman–Crippen MR) is 121 cm³/mol. The highest BCUT2D eigenvalue weighted by Crippen LogP contribution is 2.22. The van der Waals surface area contributed by atoms with Crippen molar-refractivity contribution in [1.82, 2.24) is 5.32 Å². The van der Waals surface area contributed by atoms with Gasteiger partial charge in [0.1, 0.15) is 6.61 Å². The molecule has 30 heavy (non-hydrogen) atoms. The van der Waals surface area contributed by atoms with Crippen LogP contribution in [0.3, 0.4) is 0 Å². The van der Waals surface area contributed by atoms with E-state index in [0.717, 1.165) is 22.0 Å². The van der Waals surface area contributed by atoms with Gasteiger partial charge in [0.2, 0.25) is 0 Å². The van der Waals surface area contributed by atoms with E-state index in [1.54, 1.807) is 12.1 Å². The van der Waals surface area contributed by atoms with Gasteiger partial charge in [0.15, 0.2) is 5.78 Å². The van der Waals surface area contributed by atoms with E-state index in [4.69, 9.17) is 4.74 Å². The van der Waals surface area contributed by atoms with E-state index in [0.29, 0.717) is 5.56 Å². The Kier molecular flexibility index (Phi) is 7.80. The molecule has 0 aromatic heterocycles. The van der Waals surface area contributed by atoms with Crippen molar-refractivity contribution in [3.8, 4) is 0 Å². The molecule has 1 amide bonds. The number of aryl methyl sites for hydroxylation is 1. The molecule has 0 saturated carbocycles. The summed E-state index contributed by atoms with van der Waals surface area (Å²) in [5.74, 6) is -0.0459. The molecule has 0 bridgehead atoms. The molecule has 5 heteroatoms. The van der Waals surface area contributed by atoms with Crippen molar-refractivity contribution in [1.29, 1.82) is 0 Å². The summed E-state index contributed by atoms with van der Waals surface area (Å²) < 4.78 is 6.27. The molecule has 0 radical (unpaired) electrons. The van der Waals surface area contributed by atoms with Gasteiger partial charge < -0.3 is 10.1 Å². The van der Waals surface area contributed by atoms with Crippen molar-refractivity contribution < 1.29 is 14.3 Å². The zero-order valence-electron chi connectivity index (χ0n) is 16.8. The van der Waals surface area contributed by atoms with Crippen molar-refractivity contribution >= 4 is 27.8 Å². The van der Waals surface area contributed by atoms with Gasteiger partial charge in [-0.25, -0.2) is 4.79 Å². The Balaban J connectivity index is 1.71. The summed E-state index contributed by atoms with van der Waals surface area (Å²) in [5, 5.41) is 2.86. The van der Waals surface area contributed by atoms with Crippen LogP contribution in [0, 0.1) is 0 Å². The lowest BCUT2D eigenvalue weighted by Crippen LogP contribution is -2.30. The van der Waals surface area contributed by atoms with E-state index in [9.17, 15) is 9.59 Å². The minimum atomic E-state index is -0.549. The lowest BCUT2D eigenvalue weighted by Gasteiger charge is -2.19. The van der Waals surface area contributed by atoms with Gasteiger partial charge in [-0.3, -0.25) is 4.79 Å². The fourth-order valence-electron chi connectivity index (χ4n) is 3.08. The molecule has 1 N–H and O–H groups in total. The SMILES string of the molecule is CCc1ccc(C(CC(=O)c2ccc(Br)cc2)NC(=O)OCc2ccccc2)cc1. The van der Waals surface area contributed by atoms with E-state index in [2.05, 4.69) is 28.2 Å². The van der Waals surface area contributed by atoms with Crippen LogP contribution in [0.5, 0.6) is 0 Å². The summed E-state index contributed by atoms with van der Waals surface area (Å²) in [6.45, 7) is 2.26. The maximum atomic E-state index is 12.8.